The van der Waals surface area contributed by atoms with Gasteiger partial charge in [0.25, 0.3) is 0 Å². The third-order valence-electron chi connectivity index (χ3n) is 2.82. The molecule has 0 unspecified atom stereocenters. The lowest BCUT2D eigenvalue weighted by Crippen LogP contribution is -1.88. The fourth-order valence-electron chi connectivity index (χ4n) is 1.73. The van der Waals surface area contributed by atoms with Crippen LogP contribution >= 0.6 is 0 Å². The van der Waals surface area contributed by atoms with Gasteiger partial charge in [0.1, 0.15) is 5.75 Å². The van der Waals surface area contributed by atoms with Crippen LogP contribution in [-0.2, 0) is 0 Å². The van der Waals surface area contributed by atoms with Crippen LogP contribution in [0.4, 0.5) is 0 Å². The second-order valence-electron chi connectivity index (χ2n) is 4.08. The van der Waals surface area contributed by atoms with Gasteiger partial charge in [0.05, 0.1) is 7.11 Å². The van der Waals surface area contributed by atoms with Gasteiger partial charge in [-0.25, -0.2) is 0 Å². The minimum atomic E-state index is 0.857. The Hall–Kier alpha value is -2.02. The predicted octanol–water partition coefficient (Wildman–Crippen LogP) is 4.07. The van der Waals surface area contributed by atoms with Gasteiger partial charge in [-0.15, -0.1) is 0 Å². The van der Waals surface area contributed by atoms with E-state index in [2.05, 4.69) is 37.8 Å². The van der Waals surface area contributed by atoms with E-state index >= 15 is 0 Å². The largest absolute Gasteiger partial charge is 0.497 e. The summed E-state index contributed by atoms with van der Waals surface area (Å²) < 4.78 is 5.22. The molecule has 0 aromatic heterocycles. The molecule has 0 saturated carbocycles. The second kappa shape index (κ2) is 4.88. The quantitative estimate of drug-likeness (QED) is 0.763. The molecule has 0 atom stereocenters. The molecule has 0 N–H and O–H groups in total. The predicted molar refractivity (Wildman–Crippen MR) is 72.3 cm³/mol. The van der Waals surface area contributed by atoms with Crippen molar-refractivity contribution >= 4 is 5.57 Å². The Labute approximate surface area is 102 Å². The Bertz CT molecular complexity index is 523. The summed E-state index contributed by atoms with van der Waals surface area (Å²) >= 11 is 0. The van der Waals surface area contributed by atoms with E-state index < -0.39 is 0 Å². The molecule has 0 fully saturated rings. The van der Waals surface area contributed by atoms with Gasteiger partial charge in [-0.1, -0.05) is 48.5 Å². The first kappa shape index (κ1) is 11.5. The summed E-state index contributed by atoms with van der Waals surface area (Å²) in [5, 5.41) is 0. The number of ether oxygens (including phenoxy) is 1. The highest BCUT2D eigenvalue weighted by Crippen LogP contribution is 2.24. The first-order chi connectivity index (χ1) is 8.20. The van der Waals surface area contributed by atoms with Gasteiger partial charge in [0.15, 0.2) is 0 Å². The van der Waals surface area contributed by atoms with Crippen molar-refractivity contribution in [3.05, 3.63) is 71.8 Å². The van der Waals surface area contributed by atoms with E-state index in [4.69, 9.17) is 4.74 Å². The number of aryl methyl sites for hydroxylation is 1. The fourth-order valence-corrected chi connectivity index (χ4v) is 1.73. The molecule has 0 aliphatic heterocycles. The lowest BCUT2D eigenvalue weighted by Gasteiger charge is -2.08. The van der Waals surface area contributed by atoms with E-state index in [1.165, 1.54) is 5.56 Å². The molecule has 0 heterocycles. The Morgan fingerprint density at radius 3 is 2.35 bits per heavy atom. The smallest absolute Gasteiger partial charge is 0.119 e. The number of methoxy groups -OCH3 is 1. The minimum absolute atomic E-state index is 0.857. The van der Waals surface area contributed by atoms with Gasteiger partial charge >= 0.3 is 0 Å². The zero-order chi connectivity index (χ0) is 12.3. The number of benzene rings is 2. The molecule has 86 valence electrons. The number of hydrogen-bond acceptors (Lipinski definition) is 1. The summed E-state index contributed by atoms with van der Waals surface area (Å²) in [4.78, 5) is 0. The monoisotopic (exact) mass is 224 g/mol. The molecule has 1 nitrogen and oxygen atoms in total. The molecule has 0 aliphatic carbocycles. The summed E-state index contributed by atoms with van der Waals surface area (Å²) in [6.45, 7) is 6.23. The van der Waals surface area contributed by atoms with Gasteiger partial charge in [0, 0.05) is 0 Å². The SMILES string of the molecule is C=C(c1ccc(C)cc1)c1cccc(OC)c1. The zero-order valence-electron chi connectivity index (χ0n) is 10.2. The maximum absolute atomic E-state index is 5.22. The summed E-state index contributed by atoms with van der Waals surface area (Å²) in [6.07, 6.45) is 0. The molecule has 2 aromatic rings. The van der Waals surface area contributed by atoms with Gasteiger partial charge in [-0.3, -0.25) is 0 Å². The van der Waals surface area contributed by atoms with Crippen LogP contribution in [0.5, 0.6) is 5.75 Å². The highest BCUT2D eigenvalue weighted by molar-refractivity contribution is 5.78. The van der Waals surface area contributed by atoms with Crippen molar-refractivity contribution in [3.63, 3.8) is 0 Å². The average molecular weight is 224 g/mol. The summed E-state index contributed by atoms with van der Waals surface area (Å²) in [7, 11) is 1.67. The van der Waals surface area contributed by atoms with Crippen LogP contribution in [0.3, 0.4) is 0 Å². The van der Waals surface area contributed by atoms with Crippen LogP contribution in [0.2, 0.25) is 0 Å². The summed E-state index contributed by atoms with van der Waals surface area (Å²) in [6, 6.07) is 16.3. The molecule has 2 rings (SSSR count). The third-order valence-corrected chi connectivity index (χ3v) is 2.82. The van der Waals surface area contributed by atoms with Crippen molar-refractivity contribution in [3.8, 4) is 5.75 Å². The molecule has 1 heteroatoms. The molecule has 0 spiro atoms. The van der Waals surface area contributed by atoms with Gasteiger partial charge < -0.3 is 4.74 Å². The van der Waals surface area contributed by atoms with E-state index in [-0.39, 0.29) is 0 Å². The Morgan fingerprint density at radius 2 is 1.71 bits per heavy atom. The highest BCUT2D eigenvalue weighted by Gasteiger charge is 2.03. The molecule has 2 aromatic carbocycles. The topological polar surface area (TPSA) is 9.23 Å². The summed E-state index contributed by atoms with van der Waals surface area (Å²) in [5.74, 6) is 0.857. The van der Waals surface area contributed by atoms with E-state index in [0.717, 1.165) is 22.4 Å². The maximum Gasteiger partial charge on any atom is 0.119 e. The first-order valence-electron chi connectivity index (χ1n) is 5.61. The molecule has 0 bridgehead atoms. The molecule has 0 radical (unpaired) electrons. The Balaban J connectivity index is 2.33. The van der Waals surface area contributed by atoms with Gasteiger partial charge in [-0.2, -0.15) is 0 Å². The normalized spacial score (nSPS) is 10.0. The maximum atomic E-state index is 5.22. The van der Waals surface area contributed by atoms with Crippen molar-refractivity contribution in [1.29, 1.82) is 0 Å². The number of rotatable bonds is 3. The van der Waals surface area contributed by atoms with Crippen molar-refractivity contribution in [2.45, 2.75) is 6.92 Å². The molecular formula is C16H16O. The molecule has 0 amide bonds. The van der Waals surface area contributed by atoms with Gasteiger partial charge in [-0.05, 0) is 35.8 Å². The van der Waals surface area contributed by atoms with Crippen molar-refractivity contribution < 1.29 is 4.74 Å². The van der Waals surface area contributed by atoms with Gasteiger partial charge in [0.2, 0.25) is 0 Å². The van der Waals surface area contributed by atoms with Crippen LogP contribution < -0.4 is 4.74 Å². The van der Waals surface area contributed by atoms with E-state index in [9.17, 15) is 0 Å². The van der Waals surface area contributed by atoms with Crippen LogP contribution in [0, 0.1) is 6.92 Å². The van der Waals surface area contributed by atoms with Crippen molar-refractivity contribution in [2.75, 3.05) is 7.11 Å². The second-order valence-corrected chi connectivity index (χ2v) is 4.08. The van der Waals surface area contributed by atoms with E-state index in [1.807, 2.05) is 24.3 Å². The molecular weight excluding hydrogens is 208 g/mol. The van der Waals surface area contributed by atoms with Crippen LogP contribution in [-0.4, -0.2) is 7.11 Å². The van der Waals surface area contributed by atoms with Crippen LogP contribution in [0.1, 0.15) is 16.7 Å². The Kier molecular flexibility index (Phi) is 3.29. The van der Waals surface area contributed by atoms with E-state index in [0.29, 0.717) is 0 Å². The lowest BCUT2D eigenvalue weighted by atomic mass is 9.99. The van der Waals surface area contributed by atoms with E-state index in [1.54, 1.807) is 7.11 Å². The van der Waals surface area contributed by atoms with Crippen molar-refractivity contribution in [2.24, 2.45) is 0 Å². The fraction of sp³-hybridized carbons (Fsp3) is 0.125. The lowest BCUT2D eigenvalue weighted by molar-refractivity contribution is 0.414. The van der Waals surface area contributed by atoms with Crippen LogP contribution in [0.25, 0.3) is 5.57 Å². The average Bonchev–Trinajstić information content (AvgIpc) is 2.39. The van der Waals surface area contributed by atoms with Crippen LogP contribution in [0.15, 0.2) is 55.1 Å². The highest BCUT2D eigenvalue weighted by atomic mass is 16.5. The molecule has 0 saturated heterocycles. The summed E-state index contributed by atoms with van der Waals surface area (Å²) in [5.41, 5.74) is 4.51. The molecule has 17 heavy (non-hydrogen) atoms. The zero-order valence-corrected chi connectivity index (χ0v) is 10.2. The number of hydrogen-bond donors (Lipinski definition) is 0. The Morgan fingerprint density at radius 1 is 1.00 bits per heavy atom. The third kappa shape index (κ3) is 2.56. The standard InChI is InChI=1S/C16H16O/c1-12-7-9-14(10-8-12)13(2)15-5-4-6-16(11-15)17-3/h4-11H,2H2,1,3H3. The van der Waals surface area contributed by atoms with Crippen molar-refractivity contribution in [1.82, 2.24) is 0 Å². The minimum Gasteiger partial charge on any atom is -0.497 e. The first-order valence-corrected chi connectivity index (χ1v) is 5.61. The molecule has 0 aliphatic rings.